The first kappa shape index (κ1) is 90.8. The quantitative estimate of drug-likeness (QED) is 0.0677. The normalized spacial score (nSPS) is 20.9. The van der Waals surface area contributed by atoms with Gasteiger partial charge in [-0.15, -0.1) is 0 Å². The van der Waals surface area contributed by atoms with Crippen molar-refractivity contribution < 1.29 is 0 Å². The Kier molecular flexibility index (Phi) is 23.5. The number of benzene rings is 20. The second kappa shape index (κ2) is 38.4. The number of nitrogens with zero attached hydrogens (tertiary/aromatic N) is 4. The highest BCUT2D eigenvalue weighted by atomic mass is 14.8. The zero-order valence-corrected chi connectivity index (χ0v) is 82.1. The molecule has 5 aliphatic heterocycles. The Morgan fingerprint density at radius 2 is 0.236 bits per heavy atom. The molecule has 696 valence electrons. The van der Waals surface area contributed by atoms with E-state index in [4.69, 9.17) is 42.9 Å². The van der Waals surface area contributed by atoms with E-state index in [1.807, 2.05) is 0 Å². The minimum atomic E-state index is -3.43. The largest absolute Gasteiger partial charge is 0.551 e. The van der Waals surface area contributed by atoms with E-state index < -0.39 is 69.7 Å². The van der Waals surface area contributed by atoms with Crippen LogP contribution in [0.5, 0.6) is 0 Å². The highest BCUT2D eigenvalue weighted by Crippen LogP contribution is 2.74. The molecule has 148 heavy (non-hydrogen) atoms. The molecule has 0 N–H and O–H groups in total. The van der Waals surface area contributed by atoms with Crippen molar-refractivity contribution in [2.45, 2.75) is 44.5 Å². The van der Waals surface area contributed by atoms with Gasteiger partial charge in [0.15, 0.2) is 0 Å². The summed E-state index contributed by atoms with van der Waals surface area (Å²) in [5.74, 6) is 17.0. The van der Waals surface area contributed by atoms with E-state index in [0.717, 1.165) is 156 Å². The van der Waals surface area contributed by atoms with Crippen LogP contribution in [-0.4, -0.2) is 25.1 Å². The van der Waals surface area contributed by atoms with Crippen molar-refractivity contribution in [1.82, 2.24) is 0 Å². The fraction of sp³-hybridized carbons (Fsp3) is 0.0571. The second-order valence-corrected chi connectivity index (χ2v) is 40.4. The Hall–Kier alpha value is -18.4. The van der Waals surface area contributed by atoms with Gasteiger partial charge in [-0.1, -0.05) is 718 Å². The summed E-state index contributed by atoms with van der Waals surface area (Å²) in [7, 11) is 0. The van der Waals surface area contributed by atoms with Crippen LogP contribution >= 0.6 is 0 Å². The highest BCUT2D eigenvalue weighted by Gasteiger charge is 2.82. The molecule has 25 rings (SSSR count). The summed E-state index contributed by atoms with van der Waals surface area (Å²) in [6.45, 7) is 0. The Morgan fingerprint density at radius 1 is 0.128 bits per heavy atom. The van der Waals surface area contributed by atoms with Crippen molar-refractivity contribution in [1.29, 1.82) is 0 Å². The molecule has 0 aliphatic carbocycles. The van der Waals surface area contributed by atoms with Gasteiger partial charge in [0.05, 0.1) is 23.9 Å². The van der Waals surface area contributed by atoms with Crippen molar-refractivity contribution in [3.8, 4) is 23.9 Å². The van der Waals surface area contributed by atoms with E-state index >= 15 is 0 Å². The van der Waals surface area contributed by atoms with E-state index in [9.17, 15) is 0 Å². The summed E-state index contributed by atoms with van der Waals surface area (Å²) < 4.78 is 31.0. The third-order valence-corrected chi connectivity index (χ3v) is 33.4. The predicted molar refractivity (Wildman–Crippen MR) is 622 cm³/mol. The molecule has 8 atom stereocenters. The lowest BCUT2D eigenvalue weighted by atomic mass is 9.12. The molecule has 0 bridgehead atoms. The molecule has 20 aromatic carbocycles. The Bertz CT molecular complexity index is 7430. The third-order valence-electron chi connectivity index (χ3n) is 33.4. The summed E-state index contributed by atoms with van der Waals surface area (Å²) in [5.41, 5.74) is 28.2. The lowest BCUT2D eigenvalue weighted by molar-refractivity contribution is 0.897. The highest BCUT2D eigenvalue weighted by molar-refractivity contribution is 7.07. The topological polar surface area (TPSA) is 17.4 Å². The molecule has 4 spiro atoms. The van der Waals surface area contributed by atoms with Gasteiger partial charge in [0.2, 0.25) is 0 Å². The molecular formula is C140H104B4N4. The molecule has 0 radical (unpaired) electrons. The van der Waals surface area contributed by atoms with Crippen molar-refractivity contribution in [2.75, 3.05) is 0 Å². The van der Waals surface area contributed by atoms with Crippen LogP contribution in [0.2, 0.25) is 0 Å². The first-order valence-electron chi connectivity index (χ1n) is 52.1. The van der Waals surface area contributed by atoms with Crippen LogP contribution in [0.15, 0.2) is 607 Å². The van der Waals surface area contributed by atoms with Gasteiger partial charge in [0.1, 0.15) is 0 Å². The Balaban J connectivity index is 1.05. The van der Waals surface area contributed by atoms with E-state index in [-0.39, 0.29) is 0 Å². The first-order chi connectivity index (χ1) is 73.4. The van der Waals surface area contributed by atoms with Gasteiger partial charge in [-0.2, -0.15) is 0 Å². The van der Waals surface area contributed by atoms with E-state index in [0.29, 0.717) is 0 Å². The van der Waals surface area contributed by atoms with E-state index in [1.165, 1.54) is 0 Å². The Morgan fingerprint density at radius 3 is 0.365 bits per heavy atom. The molecule has 0 fully saturated rings. The molecular weight excluding hydrogens is 1780 g/mol. The average Bonchev–Trinajstić information content (AvgIpc) is 1.47. The lowest BCUT2D eigenvalue weighted by Crippen LogP contribution is -2.61. The van der Waals surface area contributed by atoms with Crippen molar-refractivity contribution in [3.63, 3.8) is 0 Å². The molecule has 8 unspecified atom stereocenters. The van der Waals surface area contributed by atoms with Crippen molar-refractivity contribution in [2.24, 2.45) is 0 Å². The molecule has 0 saturated carbocycles. The van der Waals surface area contributed by atoms with Crippen LogP contribution in [0.25, 0.3) is 63.6 Å². The summed E-state index contributed by atoms with van der Waals surface area (Å²) in [5, 5.41) is -6.05. The fourth-order valence-corrected chi connectivity index (χ4v) is 28.3. The van der Waals surface area contributed by atoms with Crippen LogP contribution in [0, 0.1) is 23.9 Å². The van der Waals surface area contributed by atoms with Crippen LogP contribution in [0.4, 0.5) is 0 Å². The molecule has 0 amide bonds. The minimum absolute atomic E-state index is 0.823. The van der Waals surface area contributed by atoms with Gasteiger partial charge >= 0.3 is 25.1 Å². The zero-order chi connectivity index (χ0) is 98.8. The molecule has 20 aromatic rings. The number of allylic oxidation sites excluding steroid dienone is 8. The number of rotatable bonds is 20. The molecule has 4 nitrogen and oxygen atoms in total. The van der Waals surface area contributed by atoms with Crippen LogP contribution in [-0.2, 0) is 21.3 Å². The summed E-state index contributed by atoms with van der Waals surface area (Å²) in [6.07, 6.45) is -13.7. The molecule has 0 saturated heterocycles. The Labute approximate surface area is 868 Å². The molecule has 8 heteroatoms. The van der Waals surface area contributed by atoms with Gasteiger partial charge in [-0.3, -0.25) is 0 Å². The number of hydrogen-bond acceptors (Lipinski definition) is 0. The lowest BCUT2D eigenvalue weighted by Gasteiger charge is -2.45. The maximum atomic E-state index is 7.76. The van der Waals surface area contributed by atoms with Gasteiger partial charge in [0, 0.05) is 21.3 Å². The summed E-state index contributed by atoms with van der Waals surface area (Å²) >= 11 is 0. The SMILES string of the molecule is C1#[N+][B-]2(C#[N+][B-]3(C#[N+][B-]4(C#[N+][B-]15C(c1ccccc1)C(c1ccccc1)=C(c1ccccc1)C5(c1ccccc1)c1ccccc1)C(c1ccccc1)C(c1ccccc1)=C(c1ccccc1)C4(c1ccccc1)c1ccccc1)C(c1ccccc1)C(c1ccccc1)=C(c1ccccc1)C3(c1ccccc1)c1ccccc1)C(c1ccccc1)C(c1ccccc1)=C(c1ccccc1)C2(c1ccccc1)c1ccccc1. The third kappa shape index (κ3) is 14.0. The monoisotopic (exact) mass is 1880 g/mol. The number of hydrogen-bond donors (Lipinski definition) is 0. The average molecular weight is 1890 g/mol. The van der Waals surface area contributed by atoms with Crippen LogP contribution in [0.3, 0.4) is 0 Å². The van der Waals surface area contributed by atoms with E-state index in [1.54, 1.807) is 0 Å². The molecule has 5 heterocycles. The summed E-state index contributed by atoms with van der Waals surface area (Å²) in [6, 6.07) is 227. The predicted octanol–water partition coefficient (Wildman–Crippen LogP) is 33.2. The van der Waals surface area contributed by atoms with Crippen LogP contribution < -0.4 is 0 Å². The summed E-state index contributed by atoms with van der Waals surface area (Å²) in [4.78, 5) is 0. The van der Waals surface area contributed by atoms with E-state index in [2.05, 4.69) is 607 Å². The zero-order valence-electron chi connectivity index (χ0n) is 82.1. The maximum Gasteiger partial charge on any atom is 0.551 e. The fourth-order valence-electron chi connectivity index (χ4n) is 28.3. The van der Waals surface area contributed by atoms with Gasteiger partial charge in [-0.25, -0.2) is 0 Å². The first-order valence-corrected chi connectivity index (χ1v) is 52.1. The second-order valence-electron chi connectivity index (χ2n) is 40.4. The van der Waals surface area contributed by atoms with Crippen LogP contribution in [0.1, 0.15) is 135 Å². The maximum absolute atomic E-state index is 7.76. The van der Waals surface area contributed by atoms with Crippen molar-refractivity contribution in [3.05, 3.63) is 737 Å². The molecule has 0 aromatic heterocycles. The minimum Gasteiger partial charge on any atom is -0.357 e. The smallest absolute Gasteiger partial charge is 0.357 e. The van der Waals surface area contributed by atoms with Gasteiger partial charge < -0.3 is 19.0 Å². The molecule has 5 aliphatic rings. The van der Waals surface area contributed by atoms with Gasteiger partial charge in [0.25, 0.3) is 0 Å². The van der Waals surface area contributed by atoms with Gasteiger partial charge in [-0.05, 0) is 67.8 Å². The standard InChI is InChI=1S/C140H104B4N4/c1-21-61-105(62-22-1)125-129(109-69-29-5-30-70-109)137(117-85-45-13-46-86-117,118-87-47-14-48-88-118)141(133(125)113-77-37-9-38-78-113)101-146-143(135(115-81-41-11-42-82-115)127(107-65-25-3-26-66-107)131(111-73-33-7-34-74-111)139(143,121-93-53-17-54-94-121)122-95-55-18-56-96-122)103-148-144(136(116-83-43-12-44-84-116)128(108-67-27-4-28-68-108)132(112-75-35-8-36-76-112)140(144,123-97-57-19-58-98-123)124-99-59-20-60-100-124)104-147-142(102-145-141)134(114-79-39-10-40-80-114)126(106-63-23-2-24-64-106)130(110-71-31-6-32-72-110)138(142,119-89-49-15-50-90-119)120-91-51-16-52-92-120/h1-100,133-136H. The van der Waals surface area contributed by atoms with Crippen molar-refractivity contribution >= 4 is 69.7 Å².